The molecule has 0 aromatic heterocycles. The van der Waals surface area contributed by atoms with Crippen LogP contribution in [0.4, 0.5) is 8.78 Å². The molecule has 1 fully saturated rings. The van der Waals surface area contributed by atoms with E-state index in [1.807, 2.05) is 6.92 Å². The van der Waals surface area contributed by atoms with Gasteiger partial charge in [0.25, 0.3) is 0 Å². The SMILES string of the molecule is CC(NCC1CCCC1CO)c1ccc(F)cc1F. The van der Waals surface area contributed by atoms with E-state index < -0.39 is 11.6 Å². The standard InChI is InChI=1S/C15H21F2NO/c1-10(14-6-5-13(16)7-15(14)17)18-8-11-3-2-4-12(11)9-19/h5-7,10-12,18-19H,2-4,8-9H2,1H3. The smallest absolute Gasteiger partial charge is 0.130 e. The largest absolute Gasteiger partial charge is 0.396 e. The first kappa shape index (κ1) is 14.4. The van der Waals surface area contributed by atoms with Crippen molar-refractivity contribution in [2.24, 2.45) is 11.8 Å². The maximum Gasteiger partial charge on any atom is 0.130 e. The molecule has 1 saturated carbocycles. The topological polar surface area (TPSA) is 32.3 Å². The van der Waals surface area contributed by atoms with Crippen molar-refractivity contribution in [3.8, 4) is 0 Å². The number of nitrogens with one attached hydrogen (secondary N) is 1. The molecule has 106 valence electrons. The summed E-state index contributed by atoms with van der Waals surface area (Å²) in [4.78, 5) is 0. The Morgan fingerprint density at radius 1 is 1.32 bits per heavy atom. The quantitative estimate of drug-likeness (QED) is 0.861. The second kappa shape index (κ2) is 6.44. The second-order valence-corrected chi connectivity index (χ2v) is 5.43. The molecule has 1 aromatic rings. The summed E-state index contributed by atoms with van der Waals surface area (Å²) in [6, 6.07) is 3.53. The van der Waals surface area contributed by atoms with Crippen LogP contribution in [0.25, 0.3) is 0 Å². The average Bonchev–Trinajstić information content (AvgIpc) is 2.83. The summed E-state index contributed by atoms with van der Waals surface area (Å²) < 4.78 is 26.5. The Balaban J connectivity index is 1.92. The molecule has 2 rings (SSSR count). The van der Waals surface area contributed by atoms with Crippen LogP contribution >= 0.6 is 0 Å². The zero-order chi connectivity index (χ0) is 13.8. The van der Waals surface area contributed by atoms with Crippen molar-refractivity contribution in [2.75, 3.05) is 13.2 Å². The molecule has 1 aliphatic rings. The molecule has 0 radical (unpaired) electrons. The van der Waals surface area contributed by atoms with Crippen LogP contribution in [0, 0.1) is 23.5 Å². The lowest BCUT2D eigenvalue weighted by molar-refractivity contribution is 0.190. The van der Waals surface area contributed by atoms with Gasteiger partial charge in [0.1, 0.15) is 11.6 Å². The van der Waals surface area contributed by atoms with Gasteiger partial charge in [-0.05, 0) is 44.2 Å². The molecule has 3 unspecified atom stereocenters. The van der Waals surface area contributed by atoms with E-state index in [-0.39, 0.29) is 12.6 Å². The fourth-order valence-electron chi connectivity index (χ4n) is 2.91. The van der Waals surface area contributed by atoms with E-state index in [0.717, 1.165) is 31.9 Å². The van der Waals surface area contributed by atoms with Crippen molar-refractivity contribution in [3.63, 3.8) is 0 Å². The molecule has 0 amide bonds. The Labute approximate surface area is 112 Å². The van der Waals surface area contributed by atoms with E-state index in [0.29, 0.717) is 17.4 Å². The molecule has 3 atom stereocenters. The minimum atomic E-state index is -0.551. The number of benzene rings is 1. The van der Waals surface area contributed by atoms with Crippen molar-refractivity contribution in [2.45, 2.75) is 32.2 Å². The highest BCUT2D eigenvalue weighted by atomic mass is 19.1. The zero-order valence-electron chi connectivity index (χ0n) is 11.2. The normalized spacial score (nSPS) is 24.6. The molecule has 0 bridgehead atoms. The van der Waals surface area contributed by atoms with Gasteiger partial charge in [-0.2, -0.15) is 0 Å². The highest BCUT2D eigenvalue weighted by Gasteiger charge is 2.26. The first-order chi connectivity index (χ1) is 9.11. The van der Waals surface area contributed by atoms with Crippen LogP contribution in [0.1, 0.15) is 37.8 Å². The Kier molecular flexibility index (Phi) is 4.88. The fourth-order valence-corrected chi connectivity index (χ4v) is 2.91. The third-order valence-electron chi connectivity index (χ3n) is 4.17. The highest BCUT2D eigenvalue weighted by Crippen LogP contribution is 2.31. The van der Waals surface area contributed by atoms with Gasteiger partial charge in [-0.3, -0.25) is 0 Å². The van der Waals surface area contributed by atoms with Gasteiger partial charge in [-0.25, -0.2) is 8.78 Å². The highest BCUT2D eigenvalue weighted by molar-refractivity contribution is 5.21. The number of hydrogen-bond acceptors (Lipinski definition) is 2. The van der Waals surface area contributed by atoms with Crippen LogP contribution in [-0.2, 0) is 0 Å². The molecule has 19 heavy (non-hydrogen) atoms. The number of aliphatic hydroxyl groups is 1. The summed E-state index contributed by atoms with van der Waals surface area (Å²) in [7, 11) is 0. The van der Waals surface area contributed by atoms with Crippen molar-refractivity contribution in [1.82, 2.24) is 5.32 Å². The Bertz CT molecular complexity index is 425. The van der Waals surface area contributed by atoms with E-state index in [1.54, 1.807) is 0 Å². The van der Waals surface area contributed by atoms with Crippen LogP contribution in [0.5, 0.6) is 0 Å². The van der Waals surface area contributed by atoms with Gasteiger partial charge in [0, 0.05) is 24.3 Å². The monoisotopic (exact) mass is 269 g/mol. The molecular weight excluding hydrogens is 248 g/mol. The summed E-state index contributed by atoms with van der Waals surface area (Å²) in [5.41, 5.74) is 0.486. The lowest BCUT2D eigenvalue weighted by Gasteiger charge is -2.21. The molecular formula is C15H21F2NO. The van der Waals surface area contributed by atoms with Crippen LogP contribution in [-0.4, -0.2) is 18.3 Å². The van der Waals surface area contributed by atoms with E-state index >= 15 is 0 Å². The van der Waals surface area contributed by atoms with Gasteiger partial charge in [0.2, 0.25) is 0 Å². The van der Waals surface area contributed by atoms with Crippen LogP contribution in [0.2, 0.25) is 0 Å². The van der Waals surface area contributed by atoms with Gasteiger partial charge in [0.05, 0.1) is 0 Å². The Morgan fingerprint density at radius 3 is 2.74 bits per heavy atom. The lowest BCUT2D eigenvalue weighted by atomic mass is 9.96. The third-order valence-corrected chi connectivity index (χ3v) is 4.17. The maximum atomic E-state index is 13.6. The predicted molar refractivity (Wildman–Crippen MR) is 70.7 cm³/mol. The van der Waals surface area contributed by atoms with Gasteiger partial charge in [-0.1, -0.05) is 12.5 Å². The third kappa shape index (κ3) is 3.51. The molecule has 1 aromatic carbocycles. The predicted octanol–water partition coefficient (Wildman–Crippen LogP) is 3.02. The van der Waals surface area contributed by atoms with Crippen molar-refractivity contribution < 1.29 is 13.9 Å². The van der Waals surface area contributed by atoms with E-state index in [9.17, 15) is 13.9 Å². The van der Waals surface area contributed by atoms with Crippen LogP contribution in [0.3, 0.4) is 0 Å². The van der Waals surface area contributed by atoms with E-state index in [2.05, 4.69) is 5.32 Å². The number of hydrogen-bond donors (Lipinski definition) is 2. The first-order valence-corrected chi connectivity index (χ1v) is 6.91. The summed E-state index contributed by atoms with van der Waals surface area (Å²) >= 11 is 0. The number of halogens is 2. The Hall–Kier alpha value is -1.00. The fraction of sp³-hybridized carbons (Fsp3) is 0.600. The Morgan fingerprint density at radius 2 is 2.05 bits per heavy atom. The number of rotatable bonds is 5. The van der Waals surface area contributed by atoms with Gasteiger partial charge in [0.15, 0.2) is 0 Å². The van der Waals surface area contributed by atoms with Crippen LogP contribution in [0.15, 0.2) is 18.2 Å². The molecule has 0 spiro atoms. The van der Waals surface area contributed by atoms with E-state index in [1.165, 1.54) is 12.1 Å². The minimum absolute atomic E-state index is 0.152. The number of aliphatic hydroxyl groups excluding tert-OH is 1. The average molecular weight is 269 g/mol. The van der Waals surface area contributed by atoms with Crippen LogP contribution < -0.4 is 5.32 Å². The molecule has 4 heteroatoms. The first-order valence-electron chi connectivity index (χ1n) is 6.91. The van der Waals surface area contributed by atoms with E-state index in [4.69, 9.17) is 0 Å². The summed E-state index contributed by atoms with van der Waals surface area (Å²) in [5.74, 6) is -0.247. The minimum Gasteiger partial charge on any atom is -0.396 e. The van der Waals surface area contributed by atoms with Crippen molar-refractivity contribution >= 4 is 0 Å². The summed E-state index contributed by atoms with van der Waals surface area (Å²) in [6.45, 7) is 2.87. The lowest BCUT2D eigenvalue weighted by Crippen LogP contribution is -2.29. The van der Waals surface area contributed by atoms with Gasteiger partial charge < -0.3 is 10.4 Å². The molecule has 1 aliphatic carbocycles. The molecule has 0 saturated heterocycles. The summed E-state index contributed by atoms with van der Waals surface area (Å²) in [5, 5.41) is 12.6. The molecule has 2 N–H and O–H groups in total. The molecule has 0 aliphatic heterocycles. The van der Waals surface area contributed by atoms with Gasteiger partial charge >= 0.3 is 0 Å². The van der Waals surface area contributed by atoms with Gasteiger partial charge in [-0.15, -0.1) is 0 Å². The molecule has 2 nitrogen and oxygen atoms in total. The second-order valence-electron chi connectivity index (χ2n) is 5.43. The zero-order valence-corrected chi connectivity index (χ0v) is 11.2. The molecule has 0 heterocycles. The maximum absolute atomic E-state index is 13.6. The summed E-state index contributed by atoms with van der Waals surface area (Å²) in [6.07, 6.45) is 3.33. The van der Waals surface area contributed by atoms with Crippen molar-refractivity contribution in [3.05, 3.63) is 35.4 Å². The van der Waals surface area contributed by atoms with Crippen molar-refractivity contribution in [1.29, 1.82) is 0 Å².